The quantitative estimate of drug-likeness (QED) is 0.313. The van der Waals surface area contributed by atoms with Crippen LogP contribution in [-0.4, -0.2) is 46.1 Å². The molecule has 2 aromatic carbocycles. The number of hydrogen-bond donors (Lipinski definition) is 3. The Morgan fingerprint density at radius 2 is 1.85 bits per heavy atom. The summed E-state index contributed by atoms with van der Waals surface area (Å²) < 4.78 is 5.89. The molecule has 2 aromatic heterocycles. The van der Waals surface area contributed by atoms with E-state index >= 15 is 0 Å². The van der Waals surface area contributed by atoms with Crippen LogP contribution < -0.4 is 15.4 Å². The number of fused-ring (bicyclic) bond motifs is 1. The fraction of sp³-hybridized carbons (Fsp3) is 0.280. The summed E-state index contributed by atoms with van der Waals surface area (Å²) >= 11 is 0. The average molecular weight is 465 g/mol. The van der Waals surface area contributed by atoms with Crippen LogP contribution in [0.4, 0.5) is 23.1 Å². The number of aryl methyl sites for hydroxylation is 1. The minimum absolute atomic E-state index is 0. The van der Waals surface area contributed by atoms with Gasteiger partial charge >= 0.3 is 0 Å². The molecular weight excluding hydrogens is 436 g/mol. The molecule has 0 atom stereocenters. The van der Waals surface area contributed by atoms with Crippen LogP contribution in [-0.2, 0) is 0 Å². The largest absolute Gasteiger partial charge is 0.492 e. The van der Waals surface area contributed by atoms with Crippen molar-refractivity contribution < 1.29 is 4.74 Å². The van der Waals surface area contributed by atoms with Crippen molar-refractivity contribution in [1.29, 1.82) is 0 Å². The van der Waals surface area contributed by atoms with Crippen LogP contribution in [0.2, 0.25) is 0 Å². The van der Waals surface area contributed by atoms with Crippen molar-refractivity contribution in [2.24, 2.45) is 0 Å². The number of halogens is 1. The lowest BCUT2D eigenvalue weighted by Gasteiger charge is -2.15. The van der Waals surface area contributed by atoms with Crippen molar-refractivity contribution in [3.05, 3.63) is 66.5 Å². The summed E-state index contributed by atoms with van der Waals surface area (Å²) in [5, 5.41) is 7.86. The van der Waals surface area contributed by atoms with Gasteiger partial charge in [-0.1, -0.05) is 6.07 Å². The second kappa shape index (κ2) is 10.6. The fourth-order valence-corrected chi connectivity index (χ4v) is 4.01. The van der Waals surface area contributed by atoms with Crippen molar-refractivity contribution >= 4 is 46.5 Å². The summed E-state index contributed by atoms with van der Waals surface area (Å²) in [7, 11) is 0. The van der Waals surface area contributed by atoms with E-state index in [9.17, 15) is 0 Å². The van der Waals surface area contributed by atoms with E-state index < -0.39 is 0 Å². The molecule has 3 N–H and O–H groups in total. The SMILES string of the molecule is Cc1cnc(Nc2ccc(OCCN3CCCC3)cc2)nc1Nc1cccc2[nH]ccc12.Cl. The number of aromatic amines is 1. The summed E-state index contributed by atoms with van der Waals surface area (Å²) in [6.45, 7) is 6.10. The van der Waals surface area contributed by atoms with Crippen LogP contribution >= 0.6 is 12.4 Å². The number of benzene rings is 2. The first-order valence-corrected chi connectivity index (χ1v) is 11.1. The molecule has 172 valence electrons. The molecule has 1 saturated heterocycles. The van der Waals surface area contributed by atoms with Crippen molar-refractivity contribution in [2.75, 3.05) is 36.9 Å². The van der Waals surface area contributed by atoms with Gasteiger partial charge in [-0.05, 0) is 75.3 Å². The third-order valence-corrected chi connectivity index (χ3v) is 5.81. The summed E-state index contributed by atoms with van der Waals surface area (Å²) in [6.07, 6.45) is 6.38. The molecule has 8 heteroatoms. The number of nitrogens with one attached hydrogen (secondary N) is 3. The molecule has 1 aliphatic heterocycles. The summed E-state index contributed by atoms with van der Waals surface area (Å²) in [6, 6.07) is 16.1. The molecule has 0 bridgehead atoms. The number of ether oxygens (including phenoxy) is 1. The van der Waals surface area contributed by atoms with E-state index in [1.807, 2.05) is 55.7 Å². The molecule has 0 saturated carbocycles. The molecule has 4 aromatic rings. The van der Waals surface area contributed by atoms with Gasteiger partial charge in [-0.2, -0.15) is 4.98 Å². The van der Waals surface area contributed by atoms with Crippen molar-refractivity contribution in [3.8, 4) is 5.75 Å². The third kappa shape index (κ3) is 5.56. The van der Waals surface area contributed by atoms with Crippen LogP contribution in [0.1, 0.15) is 18.4 Å². The zero-order chi connectivity index (χ0) is 21.8. The normalized spacial score (nSPS) is 13.6. The molecule has 1 fully saturated rings. The van der Waals surface area contributed by atoms with Gasteiger partial charge in [0.15, 0.2) is 0 Å². The molecule has 0 amide bonds. The number of likely N-dealkylation sites (tertiary alicyclic amines) is 1. The standard InChI is InChI=1S/C25H28N6O.ClH/c1-18-17-27-25(30-24(18)29-23-6-4-5-22-21(23)11-12-26-22)28-19-7-9-20(10-8-19)32-16-15-31-13-2-3-14-31;/h4-12,17,26H,2-3,13-16H2,1H3,(H2,27,28,29,30);1H. The van der Waals surface area contributed by atoms with Gasteiger partial charge < -0.3 is 20.4 Å². The Morgan fingerprint density at radius 1 is 1.03 bits per heavy atom. The van der Waals surface area contributed by atoms with Gasteiger partial charge in [0, 0.05) is 46.8 Å². The van der Waals surface area contributed by atoms with E-state index in [-0.39, 0.29) is 12.4 Å². The smallest absolute Gasteiger partial charge is 0.229 e. The predicted molar refractivity (Wildman–Crippen MR) is 136 cm³/mol. The highest BCUT2D eigenvalue weighted by molar-refractivity contribution is 5.93. The molecule has 0 spiro atoms. The Labute approximate surface area is 200 Å². The van der Waals surface area contributed by atoms with Crippen LogP contribution in [0.3, 0.4) is 0 Å². The molecule has 1 aliphatic rings. The van der Waals surface area contributed by atoms with Crippen molar-refractivity contribution in [1.82, 2.24) is 19.9 Å². The van der Waals surface area contributed by atoms with Crippen molar-refractivity contribution in [2.45, 2.75) is 19.8 Å². The van der Waals surface area contributed by atoms with E-state index in [2.05, 4.69) is 42.6 Å². The Morgan fingerprint density at radius 3 is 2.67 bits per heavy atom. The lowest BCUT2D eigenvalue weighted by Crippen LogP contribution is -2.25. The first-order chi connectivity index (χ1) is 15.7. The molecule has 0 unspecified atom stereocenters. The van der Waals surface area contributed by atoms with Crippen LogP contribution in [0.5, 0.6) is 5.75 Å². The van der Waals surface area contributed by atoms with Crippen LogP contribution in [0.25, 0.3) is 10.9 Å². The summed E-state index contributed by atoms with van der Waals surface area (Å²) in [4.78, 5) is 14.8. The van der Waals surface area contributed by atoms with Gasteiger partial charge in [-0.15, -0.1) is 12.4 Å². The lowest BCUT2D eigenvalue weighted by molar-refractivity contribution is 0.238. The van der Waals surface area contributed by atoms with Gasteiger partial charge in [-0.3, -0.25) is 4.90 Å². The van der Waals surface area contributed by atoms with Gasteiger partial charge in [0.1, 0.15) is 18.2 Å². The monoisotopic (exact) mass is 464 g/mol. The first kappa shape index (κ1) is 22.9. The molecule has 0 radical (unpaired) electrons. The number of hydrogen-bond acceptors (Lipinski definition) is 6. The fourth-order valence-electron chi connectivity index (χ4n) is 4.01. The maximum atomic E-state index is 5.89. The molecule has 33 heavy (non-hydrogen) atoms. The number of aromatic nitrogens is 3. The van der Waals surface area contributed by atoms with E-state index in [4.69, 9.17) is 4.74 Å². The number of H-pyrrole nitrogens is 1. The van der Waals surface area contributed by atoms with Gasteiger partial charge in [0.2, 0.25) is 5.95 Å². The molecule has 0 aliphatic carbocycles. The third-order valence-electron chi connectivity index (χ3n) is 5.81. The zero-order valence-electron chi connectivity index (χ0n) is 18.7. The summed E-state index contributed by atoms with van der Waals surface area (Å²) in [5.41, 5.74) is 3.99. The highest BCUT2D eigenvalue weighted by Crippen LogP contribution is 2.27. The molecular formula is C25H29ClN6O. The zero-order valence-corrected chi connectivity index (χ0v) is 19.5. The minimum atomic E-state index is 0. The average Bonchev–Trinajstić information content (AvgIpc) is 3.50. The summed E-state index contributed by atoms with van der Waals surface area (Å²) in [5.74, 6) is 2.20. The molecule has 7 nitrogen and oxygen atoms in total. The number of rotatable bonds is 8. The Kier molecular flexibility index (Phi) is 7.32. The topological polar surface area (TPSA) is 78.1 Å². The minimum Gasteiger partial charge on any atom is -0.492 e. The maximum absolute atomic E-state index is 5.89. The Bertz CT molecular complexity index is 1190. The Hall–Kier alpha value is -3.29. The van der Waals surface area contributed by atoms with E-state index in [1.165, 1.54) is 25.9 Å². The van der Waals surface area contributed by atoms with Crippen molar-refractivity contribution in [3.63, 3.8) is 0 Å². The number of anilines is 4. The second-order valence-corrected chi connectivity index (χ2v) is 8.14. The van der Waals surface area contributed by atoms with Gasteiger partial charge in [-0.25, -0.2) is 4.98 Å². The second-order valence-electron chi connectivity index (χ2n) is 8.14. The Balaban J connectivity index is 0.00000259. The van der Waals surface area contributed by atoms with E-state index in [0.29, 0.717) is 5.95 Å². The van der Waals surface area contributed by atoms with Gasteiger partial charge in [0.05, 0.1) is 0 Å². The molecule has 3 heterocycles. The van der Waals surface area contributed by atoms with Gasteiger partial charge in [0.25, 0.3) is 0 Å². The van der Waals surface area contributed by atoms with E-state index in [0.717, 1.165) is 52.6 Å². The molecule has 5 rings (SSSR count). The maximum Gasteiger partial charge on any atom is 0.229 e. The first-order valence-electron chi connectivity index (χ1n) is 11.1. The van der Waals surface area contributed by atoms with E-state index in [1.54, 1.807) is 0 Å². The number of nitrogens with zero attached hydrogens (tertiary/aromatic N) is 3. The highest BCUT2D eigenvalue weighted by atomic mass is 35.5. The van der Waals surface area contributed by atoms with Crippen LogP contribution in [0, 0.1) is 6.92 Å². The van der Waals surface area contributed by atoms with Crippen LogP contribution in [0.15, 0.2) is 60.9 Å². The highest BCUT2D eigenvalue weighted by Gasteiger charge is 2.11. The lowest BCUT2D eigenvalue weighted by atomic mass is 10.2. The predicted octanol–water partition coefficient (Wildman–Crippen LogP) is 5.65.